The van der Waals surface area contributed by atoms with Crippen molar-refractivity contribution < 1.29 is 0 Å². The van der Waals surface area contributed by atoms with Gasteiger partial charge in [0.15, 0.2) is 0 Å². The van der Waals surface area contributed by atoms with E-state index in [2.05, 4.69) is 25.5 Å². The van der Waals surface area contributed by atoms with Gasteiger partial charge in [-0.2, -0.15) is 0 Å². The maximum atomic E-state index is 4.50. The molecule has 0 bridgehead atoms. The van der Waals surface area contributed by atoms with E-state index < -0.39 is 0 Å². The highest BCUT2D eigenvalue weighted by molar-refractivity contribution is 4.59. The summed E-state index contributed by atoms with van der Waals surface area (Å²) in [4.78, 5) is 0. The van der Waals surface area contributed by atoms with Crippen LogP contribution in [0.4, 0.5) is 0 Å². The maximum Gasteiger partial charge on any atom is -0.0195 e. The summed E-state index contributed by atoms with van der Waals surface area (Å²) in [6.45, 7) is 2.36. The first-order chi connectivity index (χ1) is 5.39. The fourth-order valence-electron chi connectivity index (χ4n) is 1.31. The summed E-state index contributed by atoms with van der Waals surface area (Å²) in [5.74, 6) is 1.04. The van der Waals surface area contributed by atoms with E-state index in [4.69, 9.17) is 0 Å². The monoisotopic (exact) mass is 155 g/mol. The zero-order valence-electron chi connectivity index (χ0n) is 7.84. The molecule has 1 saturated carbocycles. The van der Waals surface area contributed by atoms with E-state index >= 15 is 0 Å². The van der Waals surface area contributed by atoms with Gasteiger partial charge in [-0.3, -0.25) is 0 Å². The van der Waals surface area contributed by atoms with E-state index in [1.165, 1.54) is 39.2 Å². The van der Waals surface area contributed by atoms with Crippen molar-refractivity contribution in [1.82, 2.24) is 0 Å². The molecular formula is C10H21N. The summed E-state index contributed by atoms with van der Waals surface area (Å²) in [6.07, 6.45) is 15.4. The number of terminal acetylenes is 1. The SMILES string of the molecule is C#C.CC1CCCCC1.CN. The molecule has 0 spiro atoms. The summed E-state index contributed by atoms with van der Waals surface area (Å²) in [7, 11) is 1.50. The Morgan fingerprint density at radius 1 is 1.00 bits per heavy atom. The predicted molar refractivity (Wildman–Crippen MR) is 52.3 cm³/mol. The fourth-order valence-corrected chi connectivity index (χ4v) is 1.31. The topological polar surface area (TPSA) is 26.0 Å². The molecular weight excluding hydrogens is 134 g/mol. The molecule has 66 valence electrons. The van der Waals surface area contributed by atoms with E-state index in [1.807, 2.05) is 0 Å². The Labute approximate surface area is 71.4 Å². The van der Waals surface area contributed by atoms with E-state index in [0.717, 1.165) is 5.92 Å². The zero-order valence-corrected chi connectivity index (χ0v) is 7.84. The summed E-state index contributed by atoms with van der Waals surface area (Å²) in [6, 6.07) is 0. The highest BCUT2D eigenvalue weighted by atomic mass is 14.4. The highest BCUT2D eigenvalue weighted by Gasteiger charge is 2.05. The molecule has 0 aromatic heterocycles. The van der Waals surface area contributed by atoms with Gasteiger partial charge in [-0.05, 0) is 13.0 Å². The van der Waals surface area contributed by atoms with Gasteiger partial charge in [-0.1, -0.05) is 39.0 Å². The Hall–Kier alpha value is -0.480. The Kier molecular flexibility index (Phi) is 14.6. The lowest BCUT2D eigenvalue weighted by Gasteiger charge is -2.15. The largest absolute Gasteiger partial charge is 0.333 e. The molecule has 1 nitrogen and oxygen atoms in total. The standard InChI is InChI=1S/C7H14.C2H2.CH5N/c1-7-5-3-2-4-6-7;2*1-2/h7H,2-6H2,1H3;1-2H;2H2,1H3. The normalized spacial score (nSPS) is 16.8. The molecule has 0 aromatic rings. The van der Waals surface area contributed by atoms with Crippen LogP contribution in [0.25, 0.3) is 0 Å². The molecule has 1 aliphatic carbocycles. The summed E-state index contributed by atoms with van der Waals surface area (Å²) < 4.78 is 0. The molecule has 0 heterocycles. The molecule has 11 heavy (non-hydrogen) atoms. The van der Waals surface area contributed by atoms with E-state index in [-0.39, 0.29) is 0 Å². The molecule has 0 atom stereocenters. The Bertz CT molecular complexity index is 70.2. The Morgan fingerprint density at radius 2 is 1.36 bits per heavy atom. The summed E-state index contributed by atoms with van der Waals surface area (Å²) in [5, 5.41) is 0. The molecule has 1 fully saturated rings. The second-order valence-corrected chi connectivity index (χ2v) is 2.74. The summed E-state index contributed by atoms with van der Waals surface area (Å²) in [5.41, 5.74) is 4.50. The molecule has 0 radical (unpaired) electrons. The molecule has 1 rings (SSSR count). The smallest absolute Gasteiger partial charge is 0.0195 e. The van der Waals surface area contributed by atoms with Crippen molar-refractivity contribution in [1.29, 1.82) is 0 Å². The van der Waals surface area contributed by atoms with Crippen LogP contribution in [-0.4, -0.2) is 7.05 Å². The molecule has 0 aliphatic heterocycles. The third-order valence-electron chi connectivity index (χ3n) is 1.89. The maximum absolute atomic E-state index is 4.50. The third-order valence-corrected chi connectivity index (χ3v) is 1.89. The lowest BCUT2D eigenvalue weighted by atomic mass is 9.91. The van der Waals surface area contributed by atoms with Gasteiger partial charge in [-0.15, -0.1) is 12.8 Å². The number of rotatable bonds is 0. The molecule has 1 heteroatoms. The van der Waals surface area contributed by atoms with Gasteiger partial charge < -0.3 is 5.73 Å². The van der Waals surface area contributed by atoms with Crippen molar-refractivity contribution in [3.63, 3.8) is 0 Å². The van der Waals surface area contributed by atoms with E-state index in [0.29, 0.717) is 0 Å². The van der Waals surface area contributed by atoms with Gasteiger partial charge in [0.25, 0.3) is 0 Å². The van der Waals surface area contributed by atoms with E-state index in [9.17, 15) is 0 Å². The van der Waals surface area contributed by atoms with Crippen molar-refractivity contribution in [3.05, 3.63) is 0 Å². The molecule has 2 N–H and O–H groups in total. The van der Waals surface area contributed by atoms with Gasteiger partial charge in [0.05, 0.1) is 0 Å². The molecule has 0 amide bonds. The van der Waals surface area contributed by atoms with Crippen LogP contribution in [0.2, 0.25) is 0 Å². The van der Waals surface area contributed by atoms with Crippen LogP contribution < -0.4 is 5.73 Å². The van der Waals surface area contributed by atoms with Crippen LogP contribution in [0.1, 0.15) is 39.0 Å². The minimum atomic E-state index is 1.04. The first-order valence-electron chi connectivity index (χ1n) is 4.30. The lowest BCUT2D eigenvalue weighted by Crippen LogP contribution is -1.99. The number of hydrogen-bond donors (Lipinski definition) is 1. The minimum absolute atomic E-state index is 1.04. The Balaban J connectivity index is 0. The van der Waals surface area contributed by atoms with Crippen LogP contribution in [0.15, 0.2) is 0 Å². The van der Waals surface area contributed by atoms with Gasteiger partial charge in [0.1, 0.15) is 0 Å². The third kappa shape index (κ3) is 9.52. The molecule has 0 aromatic carbocycles. The average molecular weight is 155 g/mol. The molecule has 1 aliphatic rings. The van der Waals surface area contributed by atoms with Crippen LogP contribution in [0.3, 0.4) is 0 Å². The quantitative estimate of drug-likeness (QED) is 0.534. The van der Waals surface area contributed by atoms with Gasteiger partial charge in [-0.25, -0.2) is 0 Å². The van der Waals surface area contributed by atoms with Gasteiger partial charge >= 0.3 is 0 Å². The van der Waals surface area contributed by atoms with Crippen molar-refractivity contribution in [2.75, 3.05) is 7.05 Å². The molecule has 0 saturated heterocycles. The Morgan fingerprint density at radius 3 is 1.55 bits per heavy atom. The summed E-state index contributed by atoms with van der Waals surface area (Å²) >= 11 is 0. The second kappa shape index (κ2) is 12.2. The van der Waals surface area contributed by atoms with Crippen molar-refractivity contribution in [2.45, 2.75) is 39.0 Å². The number of hydrogen-bond acceptors (Lipinski definition) is 1. The van der Waals surface area contributed by atoms with Crippen molar-refractivity contribution >= 4 is 0 Å². The second-order valence-electron chi connectivity index (χ2n) is 2.74. The molecule has 0 unspecified atom stereocenters. The van der Waals surface area contributed by atoms with Gasteiger partial charge in [0, 0.05) is 0 Å². The van der Waals surface area contributed by atoms with Crippen LogP contribution >= 0.6 is 0 Å². The fraction of sp³-hybridized carbons (Fsp3) is 0.800. The zero-order chi connectivity index (χ0) is 9.11. The number of nitrogens with two attached hydrogens (primary N) is 1. The van der Waals surface area contributed by atoms with Crippen molar-refractivity contribution in [3.8, 4) is 12.8 Å². The van der Waals surface area contributed by atoms with Crippen LogP contribution in [-0.2, 0) is 0 Å². The predicted octanol–water partition coefficient (Wildman–Crippen LogP) is 2.41. The highest BCUT2D eigenvalue weighted by Crippen LogP contribution is 2.21. The average Bonchev–Trinajstić information content (AvgIpc) is 2.13. The van der Waals surface area contributed by atoms with Crippen LogP contribution in [0, 0.1) is 18.8 Å². The van der Waals surface area contributed by atoms with Gasteiger partial charge in [0.2, 0.25) is 0 Å². The van der Waals surface area contributed by atoms with Crippen molar-refractivity contribution in [2.24, 2.45) is 11.7 Å². The van der Waals surface area contributed by atoms with E-state index in [1.54, 1.807) is 0 Å². The first kappa shape index (κ1) is 13.1. The minimum Gasteiger partial charge on any atom is -0.333 e. The lowest BCUT2D eigenvalue weighted by molar-refractivity contribution is 0.385. The van der Waals surface area contributed by atoms with Crippen LogP contribution in [0.5, 0.6) is 0 Å². The first-order valence-corrected chi connectivity index (χ1v) is 4.30.